The van der Waals surface area contributed by atoms with Gasteiger partial charge in [0.15, 0.2) is 0 Å². The Morgan fingerprint density at radius 1 is 1.09 bits per heavy atom. The van der Waals surface area contributed by atoms with E-state index in [1.54, 1.807) is 0 Å². The average Bonchev–Trinajstić information content (AvgIpc) is 2.79. The minimum Gasteiger partial charge on any atom is -0.444 e. The number of amides is 2. The third-order valence-electron chi connectivity index (χ3n) is 6.33. The third-order valence-corrected chi connectivity index (χ3v) is 6.33. The highest BCUT2D eigenvalue weighted by atomic mass is 16.6. The largest absolute Gasteiger partial charge is 0.444 e. The van der Waals surface area contributed by atoms with Gasteiger partial charge in [-0.25, -0.2) is 4.79 Å². The first kappa shape index (κ1) is 25.5. The topological polar surface area (TPSA) is 71.1 Å². The van der Waals surface area contributed by atoms with Crippen LogP contribution in [-0.2, 0) is 20.7 Å². The van der Waals surface area contributed by atoms with E-state index < -0.39 is 5.60 Å². The van der Waals surface area contributed by atoms with Crippen molar-refractivity contribution >= 4 is 12.0 Å². The van der Waals surface area contributed by atoms with E-state index >= 15 is 0 Å². The fourth-order valence-electron chi connectivity index (χ4n) is 4.55. The first-order valence-corrected chi connectivity index (χ1v) is 12.4. The zero-order chi connectivity index (χ0) is 23.7. The molecule has 1 aromatic rings. The molecule has 2 aliphatic rings. The summed E-state index contributed by atoms with van der Waals surface area (Å²) in [5.74, 6) is 0.449. The van der Waals surface area contributed by atoms with Crippen molar-refractivity contribution in [2.75, 3.05) is 45.9 Å². The van der Waals surface area contributed by atoms with Gasteiger partial charge in [0.1, 0.15) is 5.60 Å². The Labute approximate surface area is 198 Å². The number of carbonyl (C=O) groups excluding carboxylic acids is 2. The molecule has 7 heteroatoms. The van der Waals surface area contributed by atoms with Gasteiger partial charge in [0.25, 0.3) is 0 Å². The number of nitrogens with one attached hydrogen (secondary N) is 1. The van der Waals surface area contributed by atoms with Crippen LogP contribution in [0.1, 0.15) is 52.0 Å². The molecular weight excluding hydrogens is 418 g/mol. The number of rotatable bonds is 8. The standard InChI is InChI=1S/C26H41N3O4/c1-26(2,3)33-25(31)27-23(20-21-8-5-4-6-9-21)10-7-13-28-14-16-29(17-15-28)24(30)22-11-18-32-19-12-22/h4-6,8-9,22-23H,7,10-20H2,1-3H3,(H,27,31). The van der Waals surface area contributed by atoms with Gasteiger partial charge in [-0.2, -0.15) is 0 Å². The quantitative estimate of drug-likeness (QED) is 0.645. The summed E-state index contributed by atoms with van der Waals surface area (Å²) in [6.45, 7) is 11.5. The molecule has 1 atom stereocenters. The van der Waals surface area contributed by atoms with Crippen molar-refractivity contribution in [2.45, 2.75) is 64.5 Å². The zero-order valence-electron chi connectivity index (χ0n) is 20.6. The number of ether oxygens (including phenoxy) is 2. The molecule has 2 heterocycles. The molecule has 0 bridgehead atoms. The summed E-state index contributed by atoms with van der Waals surface area (Å²) in [7, 11) is 0. The van der Waals surface area contributed by atoms with Crippen LogP contribution in [-0.4, -0.2) is 79.4 Å². The van der Waals surface area contributed by atoms with Crippen molar-refractivity contribution in [2.24, 2.45) is 5.92 Å². The second-order valence-electron chi connectivity index (χ2n) is 10.2. The summed E-state index contributed by atoms with van der Waals surface area (Å²) in [6.07, 6.45) is 4.01. The van der Waals surface area contributed by atoms with Crippen LogP contribution in [0.15, 0.2) is 30.3 Å². The highest BCUT2D eigenvalue weighted by molar-refractivity contribution is 5.79. The minimum absolute atomic E-state index is 0.0265. The summed E-state index contributed by atoms with van der Waals surface area (Å²) >= 11 is 0. The van der Waals surface area contributed by atoms with Gasteiger partial charge in [0.05, 0.1) is 0 Å². The molecule has 2 saturated heterocycles. The van der Waals surface area contributed by atoms with Crippen LogP contribution < -0.4 is 5.32 Å². The Hall–Kier alpha value is -2.12. The van der Waals surface area contributed by atoms with Gasteiger partial charge >= 0.3 is 6.09 Å². The van der Waals surface area contributed by atoms with Gasteiger partial charge in [0.2, 0.25) is 5.91 Å². The predicted molar refractivity (Wildman–Crippen MR) is 129 cm³/mol. The van der Waals surface area contributed by atoms with Gasteiger partial charge in [0, 0.05) is 51.4 Å². The van der Waals surface area contributed by atoms with Gasteiger partial charge in [-0.1, -0.05) is 30.3 Å². The molecule has 184 valence electrons. The molecule has 2 aliphatic heterocycles. The molecule has 7 nitrogen and oxygen atoms in total. The van der Waals surface area contributed by atoms with Crippen LogP contribution in [0, 0.1) is 5.92 Å². The Kier molecular flexibility index (Phi) is 9.56. The maximum Gasteiger partial charge on any atom is 0.407 e. The maximum atomic E-state index is 12.7. The van der Waals surface area contributed by atoms with Crippen LogP contribution in [0.25, 0.3) is 0 Å². The molecule has 0 saturated carbocycles. The Morgan fingerprint density at radius 3 is 2.39 bits per heavy atom. The summed E-state index contributed by atoms with van der Waals surface area (Å²) in [6, 6.07) is 10.3. The Morgan fingerprint density at radius 2 is 1.76 bits per heavy atom. The fraction of sp³-hybridized carbons (Fsp3) is 0.692. The number of benzene rings is 1. The molecule has 0 spiro atoms. The average molecular weight is 460 g/mol. The monoisotopic (exact) mass is 459 g/mol. The number of piperazine rings is 1. The van der Waals surface area contributed by atoms with Crippen LogP contribution in [0.4, 0.5) is 4.79 Å². The molecule has 0 aliphatic carbocycles. The molecule has 1 unspecified atom stereocenters. The lowest BCUT2D eigenvalue weighted by Gasteiger charge is -2.37. The van der Waals surface area contributed by atoms with Gasteiger partial charge in [-0.05, 0) is 65.0 Å². The second-order valence-corrected chi connectivity index (χ2v) is 10.2. The summed E-state index contributed by atoms with van der Waals surface area (Å²) in [4.78, 5) is 29.6. The number of carbonyl (C=O) groups is 2. The van der Waals surface area contributed by atoms with E-state index in [1.165, 1.54) is 5.56 Å². The molecule has 2 amide bonds. The second kappa shape index (κ2) is 12.4. The first-order chi connectivity index (χ1) is 15.8. The number of hydrogen-bond donors (Lipinski definition) is 1. The van der Waals surface area contributed by atoms with Crippen molar-refractivity contribution in [3.63, 3.8) is 0 Å². The van der Waals surface area contributed by atoms with E-state index in [0.29, 0.717) is 19.1 Å². The Bertz CT molecular complexity index is 736. The van der Waals surface area contributed by atoms with Gasteiger partial charge in [-0.3, -0.25) is 9.69 Å². The first-order valence-electron chi connectivity index (χ1n) is 12.4. The summed E-state index contributed by atoms with van der Waals surface area (Å²) in [5.41, 5.74) is 0.696. The van der Waals surface area contributed by atoms with E-state index in [-0.39, 0.29) is 18.1 Å². The molecule has 33 heavy (non-hydrogen) atoms. The molecule has 2 fully saturated rings. The minimum atomic E-state index is -0.511. The van der Waals surface area contributed by atoms with Gasteiger partial charge in [-0.15, -0.1) is 0 Å². The number of hydrogen-bond acceptors (Lipinski definition) is 5. The van der Waals surface area contributed by atoms with Crippen LogP contribution in [0.3, 0.4) is 0 Å². The SMILES string of the molecule is CC(C)(C)OC(=O)NC(CCCN1CCN(C(=O)C2CCOCC2)CC1)Cc1ccccc1. The van der Waals surface area contributed by atoms with Crippen LogP contribution in [0.2, 0.25) is 0 Å². The van der Waals surface area contributed by atoms with E-state index in [9.17, 15) is 9.59 Å². The predicted octanol–water partition coefficient (Wildman–Crippen LogP) is 3.47. The smallest absolute Gasteiger partial charge is 0.407 e. The highest BCUT2D eigenvalue weighted by Crippen LogP contribution is 2.19. The molecule has 0 radical (unpaired) electrons. The summed E-state index contributed by atoms with van der Waals surface area (Å²) in [5, 5.41) is 3.08. The van der Waals surface area contributed by atoms with Crippen molar-refractivity contribution in [3.8, 4) is 0 Å². The lowest BCUT2D eigenvalue weighted by Crippen LogP contribution is -2.51. The number of nitrogens with zero attached hydrogens (tertiary/aromatic N) is 2. The van der Waals surface area contributed by atoms with Crippen LogP contribution in [0.5, 0.6) is 0 Å². The normalized spacial score (nSPS) is 19.2. The highest BCUT2D eigenvalue weighted by Gasteiger charge is 2.28. The van der Waals surface area contributed by atoms with Crippen molar-refractivity contribution in [3.05, 3.63) is 35.9 Å². The third kappa shape index (κ3) is 8.97. The summed E-state index contributed by atoms with van der Waals surface area (Å²) < 4.78 is 10.9. The van der Waals surface area contributed by atoms with Crippen molar-refractivity contribution in [1.82, 2.24) is 15.1 Å². The Balaban J connectivity index is 1.43. The van der Waals surface area contributed by atoms with E-state index in [4.69, 9.17) is 9.47 Å². The molecule has 1 aromatic carbocycles. The fourth-order valence-corrected chi connectivity index (χ4v) is 4.55. The van der Waals surface area contributed by atoms with Crippen molar-refractivity contribution in [1.29, 1.82) is 0 Å². The zero-order valence-corrected chi connectivity index (χ0v) is 20.6. The van der Waals surface area contributed by atoms with E-state index in [2.05, 4.69) is 22.3 Å². The van der Waals surface area contributed by atoms with Crippen molar-refractivity contribution < 1.29 is 19.1 Å². The van der Waals surface area contributed by atoms with E-state index in [1.807, 2.05) is 43.9 Å². The van der Waals surface area contributed by atoms with E-state index in [0.717, 1.165) is 64.8 Å². The molecule has 3 rings (SSSR count). The molecule has 1 N–H and O–H groups in total. The maximum absolute atomic E-state index is 12.7. The van der Waals surface area contributed by atoms with Crippen LogP contribution >= 0.6 is 0 Å². The molecular formula is C26H41N3O4. The molecule has 0 aromatic heterocycles. The lowest BCUT2D eigenvalue weighted by atomic mass is 9.98. The van der Waals surface area contributed by atoms with Gasteiger partial charge < -0.3 is 19.7 Å². The number of alkyl carbamates (subject to hydrolysis) is 1. The lowest BCUT2D eigenvalue weighted by molar-refractivity contribution is -0.140.